The van der Waals surface area contributed by atoms with E-state index in [4.69, 9.17) is 30.7 Å². The summed E-state index contributed by atoms with van der Waals surface area (Å²) in [4.78, 5) is 10.8. The second-order valence-corrected chi connectivity index (χ2v) is 4.07. The molecule has 2 aromatic rings. The van der Waals surface area contributed by atoms with E-state index in [2.05, 4.69) is 5.16 Å². The molecule has 0 bridgehead atoms. The molecular formula is C12H9ClFNO5. The van der Waals surface area contributed by atoms with Crippen LogP contribution in [0.3, 0.4) is 0 Å². The molecule has 0 aliphatic carbocycles. The normalized spacial score (nSPS) is 10.4. The van der Waals surface area contributed by atoms with E-state index >= 15 is 0 Å². The Hall–Kier alpha value is -2.28. The second kappa shape index (κ2) is 5.38. The molecule has 2 rings (SSSR count). The first-order valence-electron chi connectivity index (χ1n) is 5.30. The van der Waals surface area contributed by atoms with Gasteiger partial charge in [-0.1, -0.05) is 16.8 Å². The first-order valence-corrected chi connectivity index (χ1v) is 5.67. The van der Waals surface area contributed by atoms with Crippen molar-refractivity contribution < 1.29 is 28.3 Å². The predicted octanol–water partition coefficient (Wildman–Crippen LogP) is 2.85. The van der Waals surface area contributed by atoms with Gasteiger partial charge in [-0.25, -0.2) is 9.18 Å². The second-order valence-electron chi connectivity index (χ2n) is 3.66. The largest absolute Gasteiger partial charge is 0.493 e. The van der Waals surface area contributed by atoms with E-state index in [1.54, 1.807) is 0 Å². The molecule has 0 radical (unpaired) electrons. The molecule has 1 aromatic carbocycles. The van der Waals surface area contributed by atoms with E-state index in [9.17, 15) is 9.18 Å². The zero-order valence-corrected chi connectivity index (χ0v) is 11.2. The number of hydrogen-bond donors (Lipinski definition) is 1. The molecule has 106 valence electrons. The lowest BCUT2D eigenvalue weighted by Crippen LogP contribution is -1.97. The summed E-state index contributed by atoms with van der Waals surface area (Å²) in [7, 11) is 2.67. The third-order valence-corrected chi connectivity index (χ3v) is 2.81. The zero-order chi connectivity index (χ0) is 14.9. The van der Waals surface area contributed by atoms with Gasteiger partial charge in [-0.3, -0.25) is 0 Å². The Bertz CT molecular complexity index is 670. The smallest absolute Gasteiger partial charge is 0.358 e. The number of halogens is 2. The van der Waals surface area contributed by atoms with Gasteiger partial charge in [-0.15, -0.1) is 0 Å². The molecule has 0 amide bonds. The highest BCUT2D eigenvalue weighted by Gasteiger charge is 2.25. The molecule has 20 heavy (non-hydrogen) atoms. The van der Waals surface area contributed by atoms with E-state index in [-0.39, 0.29) is 33.5 Å². The Morgan fingerprint density at radius 3 is 2.60 bits per heavy atom. The molecule has 0 aliphatic heterocycles. The maximum atomic E-state index is 14.2. The fourth-order valence-electron chi connectivity index (χ4n) is 1.65. The van der Waals surface area contributed by atoms with Crippen LogP contribution in [0.1, 0.15) is 10.5 Å². The predicted molar refractivity (Wildman–Crippen MR) is 67.0 cm³/mol. The molecule has 1 aromatic heterocycles. The molecule has 8 heteroatoms. The summed E-state index contributed by atoms with van der Waals surface area (Å²) >= 11 is 5.76. The molecule has 0 fully saturated rings. The van der Waals surface area contributed by atoms with Gasteiger partial charge in [0.2, 0.25) is 0 Å². The van der Waals surface area contributed by atoms with Gasteiger partial charge < -0.3 is 19.1 Å². The van der Waals surface area contributed by atoms with Gasteiger partial charge in [0.1, 0.15) is 5.56 Å². The van der Waals surface area contributed by atoms with Gasteiger partial charge in [0.25, 0.3) is 0 Å². The minimum absolute atomic E-state index is 0.0301. The lowest BCUT2D eigenvalue weighted by molar-refractivity contribution is 0.0686. The number of aromatic nitrogens is 1. The van der Waals surface area contributed by atoms with Crippen LogP contribution < -0.4 is 9.47 Å². The van der Waals surface area contributed by atoms with Gasteiger partial charge in [-0.05, 0) is 0 Å². The number of carbonyl (C=O) groups is 1. The van der Waals surface area contributed by atoms with E-state index in [0.29, 0.717) is 0 Å². The molecule has 1 heterocycles. The third-order valence-electron chi connectivity index (χ3n) is 2.54. The summed E-state index contributed by atoms with van der Waals surface area (Å²) in [6.45, 7) is 0. The van der Waals surface area contributed by atoms with Gasteiger partial charge in [0.05, 0.1) is 19.2 Å². The minimum Gasteiger partial charge on any atom is -0.493 e. The number of rotatable bonds is 4. The summed E-state index contributed by atoms with van der Waals surface area (Å²) in [6, 6.07) is 2.31. The summed E-state index contributed by atoms with van der Waals surface area (Å²) in [5.74, 6) is -2.03. The molecule has 0 unspecified atom stereocenters. The average molecular weight is 302 g/mol. The van der Waals surface area contributed by atoms with Crippen molar-refractivity contribution in [2.75, 3.05) is 14.2 Å². The summed E-state index contributed by atoms with van der Waals surface area (Å²) in [6.07, 6.45) is 0. The van der Waals surface area contributed by atoms with Crippen molar-refractivity contribution in [1.29, 1.82) is 0 Å². The summed E-state index contributed by atoms with van der Waals surface area (Å²) in [5.41, 5.74) is -0.516. The molecule has 0 atom stereocenters. The van der Waals surface area contributed by atoms with Crippen molar-refractivity contribution >= 4 is 17.6 Å². The average Bonchev–Trinajstić information content (AvgIpc) is 2.90. The third kappa shape index (κ3) is 2.27. The Morgan fingerprint density at radius 2 is 2.10 bits per heavy atom. The monoisotopic (exact) mass is 301 g/mol. The van der Waals surface area contributed by atoms with E-state index in [1.165, 1.54) is 20.3 Å². The number of methoxy groups -OCH3 is 2. The van der Waals surface area contributed by atoms with Crippen molar-refractivity contribution in [3.63, 3.8) is 0 Å². The van der Waals surface area contributed by atoms with Crippen LogP contribution in [-0.4, -0.2) is 30.5 Å². The first-order chi connectivity index (χ1) is 9.49. The lowest BCUT2D eigenvalue weighted by Gasteiger charge is -2.12. The molecule has 0 spiro atoms. The van der Waals surface area contributed by atoms with Crippen molar-refractivity contribution in [2.24, 2.45) is 0 Å². The Balaban J connectivity index is 2.70. The van der Waals surface area contributed by atoms with E-state index < -0.39 is 11.8 Å². The maximum absolute atomic E-state index is 14.2. The van der Waals surface area contributed by atoms with Gasteiger partial charge >= 0.3 is 5.97 Å². The van der Waals surface area contributed by atoms with Crippen molar-refractivity contribution in [2.45, 2.75) is 0 Å². The van der Waals surface area contributed by atoms with Crippen LogP contribution in [0.5, 0.6) is 11.5 Å². The minimum atomic E-state index is -1.30. The topological polar surface area (TPSA) is 81.8 Å². The van der Waals surface area contributed by atoms with Gasteiger partial charge in [-0.2, -0.15) is 0 Å². The molecular weight excluding hydrogens is 293 g/mol. The number of hydrogen-bond acceptors (Lipinski definition) is 5. The SMILES string of the molecule is COc1cc(Cl)c(F)c(-c2cc(C(=O)O)no2)c1OC. The molecule has 0 saturated carbocycles. The van der Waals surface area contributed by atoms with E-state index in [1.807, 2.05) is 0 Å². The standard InChI is InChI=1S/C12H9ClFNO5/c1-18-8-3-5(13)10(14)9(11(8)19-2)7-4-6(12(16)17)15-20-7/h3-4H,1-2H3,(H,16,17). The fourth-order valence-corrected chi connectivity index (χ4v) is 1.85. The Labute approximate surface area is 117 Å². The number of nitrogens with zero attached hydrogens (tertiary/aromatic N) is 1. The van der Waals surface area contributed by atoms with Crippen LogP contribution in [0.2, 0.25) is 5.02 Å². The van der Waals surface area contributed by atoms with Gasteiger partial charge in [0, 0.05) is 12.1 Å². The Morgan fingerprint density at radius 1 is 1.40 bits per heavy atom. The highest BCUT2D eigenvalue weighted by molar-refractivity contribution is 6.31. The van der Waals surface area contributed by atoms with Crippen molar-refractivity contribution in [1.82, 2.24) is 5.16 Å². The van der Waals surface area contributed by atoms with Crippen LogP contribution in [0, 0.1) is 5.82 Å². The lowest BCUT2D eigenvalue weighted by atomic mass is 10.1. The van der Waals surface area contributed by atoms with Gasteiger partial charge in [0.15, 0.2) is 28.8 Å². The Kier molecular flexibility index (Phi) is 3.80. The molecule has 6 nitrogen and oxygen atoms in total. The molecule has 0 saturated heterocycles. The molecule has 0 aliphatic rings. The number of aromatic carboxylic acids is 1. The first kappa shape index (κ1) is 14.1. The number of carboxylic acids is 1. The maximum Gasteiger partial charge on any atom is 0.358 e. The highest BCUT2D eigenvalue weighted by atomic mass is 35.5. The van der Waals surface area contributed by atoms with Crippen LogP contribution in [0.15, 0.2) is 16.7 Å². The van der Waals surface area contributed by atoms with Crippen LogP contribution >= 0.6 is 11.6 Å². The highest BCUT2D eigenvalue weighted by Crippen LogP contribution is 2.43. The zero-order valence-electron chi connectivity index (χ0n) is 10.4. The quantitative estimate of drug-likeness (QED) is 0.935. The van der Waals surface area contributed by atoms with E-state index in [0.717, 1.165) is 6.07 Å². The van der Waals surface area contributed by atoms with Crippen molar-refractivity contribution in [3.8, 4) is 22.8 Å². The van der Waals surface area contributed by atoms with Crippen LogP contribution in [0.25, 0.3) is 11.3 Å². The number of ether oxygens (including phenoxy) is 2. The fraction of sp³-hybridized carbons (Fsp3) is 0.167. The van der Waals surface area contributed by atoms with Crippen LogP contribution in [-0.2, 0) is 0 Å². The molecule has 1 N–H and O–H groups in total. The number of benzene rings is 1. The number of carboxylic acid groups (broad SMARTS) is 1. The van der Waals surface area contributed by atoms with Crippen LogP contribution in [0.4, 0.5) is 4.39 Å². The summed E-state index contributed by atoms with van der Waals surface area (Å²) < 4.78 is 29.1. The van der Waals surface area contributed by atoms with Crippen molar-refractivity contribution in [3.05, 3.63) is 28.7 Å². The summed E-state index contributed by atoms with van der Waals surface area (Å²) in [5, 5.41) is 11.9.